The number of aromatic nitrogens is 4. The number of hydrogen-bond donors (Lipinski definition) is 2. The lowest BCUT2D eigenvalue weighted by atomic mass is 10.0. The average molecular weight is 337 g/mol. The molecular weight excluding hydrogens is 318 g/mol. The van der Waals surface area contributed by atoms with Gasteiger partial charge in [0.2, 0.25) is 11.7 Å². The van der Waals surface area contributed by atoms with E-state index in [4.69, 9.17) is 4.52 Å². The molecule has 0 aliphatic heterocycles. The first-order valence-electron chi connectivity index (χ1n) is 8.42. The van der Waals surface area contributed by atoms with Gasteiger partial charge in [0.05, 0.1) is 17.3 Å². The zero-order valence-electron chi connectivity index (χ0n) is 14.2. The summed E-state index contributed by atoms with van der Waals surface area (Å²) >= 11 is 0. The molecule has 0 radical (unpaired) electrons. The Bertz CT molecular complexity index is 927. The topological polar surface area (TPSA) is 96.7 Å². The van der Waals surface area contributed by atoms with Gasteiger partial charge in [0, 0.05) is 18.2 Å². The molecule has 0 saturated heterocycles. The SMILES string of the molecule is CCc1nc(-c2ccc3c(c2)CC[C@H]3NC(=O)c2c[nH]nc2C)no1. The predicted octanol–water partition coefficient (Wildman–Crippen LogP) is 2.75. The molecule has 1 aliphatic rings. The number of aromatic amines is 1. The first kappa shape index (κ1) is 15.6. The number of carbonyl (C=O) groups is 1. The highest BCUT2D eigenvalue weighted by Crippen LogP contribution is 2.34. The molecule has 0 fully saturated rings. The van der Waals surface area contributed by atoms with Gasteiger partial charge < -0.3 is 9.84 Å². The van der Waals surface area contributed by atoms with E-state index in [-0.39, 0.29) is 11.9 Å². The van der Waals surface area contributed by atoms with E-state index in [0.29, 0.717) is 23.0 Å². The van der Waals surface area contributed by atoms with Gasteiger partial charge in [-0.3, -0.25) is 9.89 Å². The Labute approximate surface area is 144 Å². The third-order valence-corrected chi connectivity index (χ3v) is 4.63. The summed E-state index contributed by atoms with van der Waals surface area (Å²) in [5.41, 5.74) is 4.60. The highest BCUT2D eigenvalue weighted by Gasteiger charge is 2.26. The van der Waals surface area contributed by atoms with Crippen molar-refractivity contribution >= 4 is 5.91 Å². The zero-order chi connectivity index (χ0) is 17.4. The van der Waals surface area contributed by atoms with Crippen LogP contribution in [0.1, 0.15) is 52.5 Å². The van der Waals surface area contributed by atoms with Crippen LogP contribution in [0.5, 0.6) is 0 Å². The van der Waals surface area contributed by atoms with Gasteiger partial charge in [0.25, 0.3) is 5.91 Å². The number of amides is 1. The molecule has 2 aromatic heterocycles. The Balaban J connectivity index is 1.55. The maximum atomic E-state index is 12.4. The molecule has 1 aliphatic carbocycles. The maximum Gasteiger partial charge on any atom is 0.255 e. The fourth-order valence-corrected chi connectivity index (χ4v) is 3.25. The highest BCUT2D eigenvalue weighted by atomic mass is 16.5. The van der Waals surface area contributed by atoms with Gasteiger partial charge in [-0.25, -0.2) is 0 Å². The average Bonchev–Trinajstić information content (AvgIpc) is 3.34. The summed E-state index contributed by atoms with van der Waals surface area (Å²) in [6.07, 6.45) is 4.15. The Hall–Kier alpha value is -2.96. The summed E-state index contributed by atoms with van der Waals surface area (Å²) in [6.45, 7) is 3.80. The second kappa shape index (κ2) is 6.16. The predicted molar refractivity (Wildman–Crippen MR) is 91.0 cm³/mol. The molecule has 2 N–H and O–H groups in total. The van der Waals surface area contributed by atoms with E-state index in [0.717, 1.165) is 30.4 Å². The van der Waals surface area contributed by atoms with E-state index in [9.17, 15) is 4.79 Å². The third kappa shape index (κ3) is 2.82. The molecule has 2 heterocycles. The van der Waals surface area contributed by atoms with Crippen molar-refractivity contribution in [2.45, 2.75) is 39.2 Å². The number of nitrogens with zero attached hydrogens (tertiary/aromatic N) is 3. The molecule has 1 aromatic carbocycles. The number of fused-ring (bicyclic) bond motifs is 1. The van der Waals surface area contributed by atoms with Gasteiger partial charge in [-0.2, -0.15) is 10.1 Å². The van der Waals surface area contributed by atoms with Crippen LogP contribution in [0, 0.1) is 6.92 Å². The van der Waals surface area contributed by atoms with Crippen LogP contribution in [0.3, 0.4) is 0 Å². The van der Waals surface area contributed by atoms with Crippen LogP contribution in [-0.4, -0.2) is 26.2 Å². The molecule has 7 nitrogen and oxygen atoms in total. The van der Waals surface area contributed by atoms with Crippen molar-refractivity contribution in [2.75, 3.05) is 0 Å². The number of aryl methyl sites for hydroxylation is 3. The smallest absolute Gasteiger partial charge is 0.255 e. The fraction of sp³-hybridized carbons (Fsp3) is 0.333. The Morgan fingerprint density at radius 2 is 2.32 bits per heavy atom. The number of benzene rings is 1. The van der Waals surface area contributed by atoms with Crippen LogP contribution in [0.4, 0.5) is 0 Å². The normalized spacial score (nSPS) is 16.0. The molecular formula is C18H19N5O2. The van der Waals surface area contributed by atoms with Gasteiger partial charge in [-0.05, 0) is 37.0 Å². The second-order valence-corrected chi connectivity index (χ2v) is 6.23. The van der Waals surface area contributed by atoms with Crippen molar-refractivity contribution in [1.82, 2.24) is 25.7 Å². The lowest BCUT2D eigenvalue weighted by Gasteiger charge is -2.14. The Morgan fingerprint density at radius 1 is 1.44 bits per heavy atom. The summed E-state index contributed by atoms with van der Waals surface area (Å²) in [4.78, 5) is 16.8. The number of rotatable bonds is 4. The largest absolute Gasteiger partial charge is 0.345 e. The molecule has 1 amide bonds. The number of H-pyrrole nitrogens is 1. The van der Waals surface area contributed by atoms with Crippen molar-refractivity contribution in [3.63, 3.8) is 0 Å². The maximum absolute atomic E-state index is 12.4. The van der Waals surface area contributed by atoms with Gasteiger partial charge in [-0.1, -0.05) is 24.2 Å². The van der Waals surface area contributed by atoms with Crippen molar-refractivity contribution in [3.05, 3.63) is 52.7 Å². The van der Waals surface area contributed by atoms with Crippen LogP contribution >= 0.6 is 0 Å². The van der Waals surface area contributed by atoms with Crippen LogP contribution < -0.4 is 5.32 Å². The van der Waals surface area contributed by atoms with Crippen LogP contribution in [0.25, 0.3) is 11.4 Å². The molecule has 0 spiro atoms. The molecule has 25 heavy (non-hydrogen) atoms. The molecule has 4 rings (SSSR count). The molecule has 3 aromatic rings. The molecule has 0 bridgehead atoms. The first-order valence-corrected chi connectivity index (χ1v) is 8.42. The van der Waals surface area contributed by atoms with Gasteiger partial charge in [-0.15, -0.1) is 0 Å². The molecule has 0 saturated carbocycles. The lowest BCUT2D eigenvalue weighted by molar-refractivity contribution is 0.0936. The summed E-state index contributed by atoms with van der Waals surface area (Å²) in [7, 11) is 0. The van der Waals surface area contributed by atoms with E-state index in [1.165, 1.54) is 5.56 Å². The first-order chi connectivity index (χ1) is 12.2. The van der Waals surface area contributed by atoms with Gasteiger partial charge >= 0.3 is 0 Å². The number of carbonyl (C=O) groups excluding carboxylic acids is 1. The Morgan fingerprint density at radius 3 is 3.04 bits per heavy atom. The van der Waals surface area contributed by atoms with Gasteiger partial charge in [0.15, 0.2) is 0 Å². The van der Waals surface area contributed by atoms with Crippen LogP contribution in [0.15, 0.2) is 28.9 Å². The lowest BCUT2D eigenvalue weighted by Crippen LogP contribution is -2.27. The fourth-order valence-electron chi connectivity index (χ4n) is 3.25. The summed E-state index contributed by atoms with van der Waals surface area (Å²) in [6, 6.07) is 6.14. The van der Waals surface area contributed by atoms with E-state index in [2.05, 4.69) is 31.7 Å². The van der Waals surface area contributed by atoms with E-state index in [1.807, 2.05) is 26.0 Å². The Kier molecular flexibility index (Phi) is 3.83. The molecule has 7 heteroatoms. The van der Waals surface area contributed by atoms with Crippen molar-refractivity contribution in [3.8, 4) is 11.4 Å². The summed E-state index contributed by atoms with van der Waals surface area (Å²) in [5.74, 6) is 1.15. The standard InChI is InChI=1S/C18H19N5O2/c1-3-16-21-17(23-25-16)12-4-6-13-11(8-12)5-7-15(13)20-18(24)14-9-19-22-10(14)2/h4,6,8-9,15H,3,5,7H2,1-2H3,(H,19,22)(H,20,24)/t15-/m1/s1. The molecule has 0 unspecified atom stereocenters. The minimum absolute atomic E-state index is 0.0160. The minimum Gasteiger partial charge on any atom is -0.345 e. The summed E-state index contributed by atoms with van der Waals surface area (Å²) < 4.78 is 5.19. The monoisotopic (exact) mass is 337 g/mol. The minimum atomic E-state index is -0.0982. The van der Waals surface area contributed by atoms with E-state index < -0.39 is 0 Å². The quantitative estimate of drug-likeness (QED) is 0.763. The number of hydrogen-bond acceptors (Lipinski definition) is 5. The molecule has 1 atom stereocenters. The highest BCUT2D eigenvalue weighted by molar-refractivity contribution is 5.95. The second-order valence-electron chi connectivity index (χ2n) is 6.23. The van der Waals surface area contributed by atoms with Gasteiger partial charge in [0.1, 0.15) is 0 Å². The number of nitrogens with one attached hydrogen (secondary N) is 2. The van der Waals surface area contributed by atoms with Crippen molar-refractivity contribution in [2.24, 2.45) is 0 Å². The van der Waals surface area contributed by atoms with Crippen molar-refractivity contribution < 1.29 is 9.32 Å². The zero-order valence-corrected chi connectivity index (χ0v) is 14.2. The molecule has 128 valence electrons. The van der Waals surface area contributed by atoms with E-state index in [1.54, 1.807) is 6.20 Å². The van der Waals surface area contributed by atoms with E-state index >= 15 is 0 Å². The third-order valence-electron chi connectivity index (χ3n) is 4.63. The van der Waals surface area contributed by atoms with Crippen LogP contribution in [-0.2, 0) is 12.8 Å². The summed E-state index contributed by atoms with van der Waals surface area (Å²) in [5, 5.41) is 13.9. The van der Waals surface area contributed by atoms with Crippen molar-refractivity contribution in [1.29, 1.82) is 0 Å². The van der Waals surface area contributed by atoms with Crippen LogP contribution in [0.2, 0.25) is 0 Å².